The highest BCUT2D eigenvalue weighted by Crippen LogP contribution is 2.35. The molecule has 2 N–H and O–H groups in total. The topological polar surface area (TPSA) is 62.8 Å². The lowest BCUT2D eigenvalue weighted by Crippen LogP contribution is -2.20. The molecule has 5 nitrogen and oxygen atoms in total. The van der Waals surface area contributed by atoms with E-state index in [9.17, 15) is 4.39 Å². The predicted octanol–water partition coefficient (Wildman–Crippen LogP) is 3.54. The Morgan fingerprint density at radius 2 is 2.16 bits per heavy atom. The minimum Gasteiger partial charge on any atom is -0.493 e. The molecule has 4 rings (SSSR count). The van der Waals surface area contributed by atoms with E-state index in [2.05, 4.69) is 26.3 Å². The van der Waals surface area contributed by atoms with Crippen LogP contribution in [-0.2, 0) is 0 Å². The molecule has 0 spiro atoms. The zero-order chi connectivity index (χ0) is 17.2. The molecule has 0 fully saturated rings. The number of halogens is 1. The normalized spacial score (nSPS) is 14.6. The third-order valence-electron chi connectivity index (χ3n) is 4.33. The first-order valence-corrected chi connectivity index (χ1v) is 8.43. The standard InChI is InChI=1S/C19H19FN4O/c1-2-25-17-4-3-13(20)9-14(17)18-15-10-16(12-5-7-21-8-6-12)24-19(15)23-11-22-18/h3-5,9-11,21H,2,6-8H2,1H3,(H,22,23,24). The minimum atomic E-state index is -0.318. The van der Waals surface area contributed by atoms with Crippen LogP contribution in [0.15, 0.2) is 36.7 Å². The van der Waals surface area contributed by atoms with Gasteiger partial charge in [0, 0.05) is 23.2 Å². The molecule has 2 aromatic heterocycles. The second-order valence-corrected chi connectivity index (χ2v) is 5.92. The van der Waals surface area contributed by atoms with Crippen LogP contribution in [0.25, 0.3) is 27.9 Å². The first-order chi connectivity index (χ1) is 12.3. The Bertz CT molecular complexity index is 948. The molecule has 0 amide bonds. The Morgan fingerprint density at radius 1 is 1.24 bits per heavy atom. The number of nitrogens with one attached hydrogen (secondary N) is 2. The van der Waals surface area contributed by atoms with Gasteiger partial charge in [-0.25, -0.2) is 14.4 Å². The van der Waals surface area contributed by atoms with E-state index in [0.717, 1.165) is 36.2 Å². The maximum Gasteiger partial charge on any atom is 0.141 e. The van der Waals surface area contributed by atoms with Gasteiger partial charge in [0.05, 0.1) is 12.3 Å². The summed E-state index contributed by atoms with van der Waals surface area (Å²) in [5.41, 5.74) is 4.34. The highest BCUT2D eigenvalue weighted by molar-refractivity contribution is 5.94. The van der Waals surface area contributed by atoms with Gasteiger partial charge in [-0.05, 0) is 49.7 Å². The zero-order valence-corrected chi connectivity index (χ0v) is 14.0. The van der Waals surface area contributed by atoms with Crippen molar-refractivity contribution >= 4 is 16.6 Å². The number of hydrogen-bond acceptors (Lipinski definition) is 4. The summed E-state index contributed by atoms with van der Waals surface area (Å²) in [5, 5.41) is 4.17. The Balaban J connectivity index is 1.87. The van der Waals surface area contributed by atoms with Gasteiger partial charge < -0.3 is 15.0 Å². The number of ether oxygens (including phenoxy) is 1. The van der Waals surface area contributed by atoms with Crippen molar-refractivity contribution in [2.24, 2.45) is 0 Å². The Labute approximate surface area is 145 Å². The number of aromatic amines is 1. The quantitative estimate of drug-likeness (QED) is 0.764. The van der Waals surface area contributed by atoms with Gasteiger partial charge in [0.25, 0.3) is 0 Å². The summed E-state index contributed by atoms with van der Waals surface area (Å²) in [4.78, 5) is 12.1. The van der Waals surface area contributed by atoms with Gasteiger partial charge in [-0.1, -0.05) is 6.08 Å². The molecule has 1 aromatic carbocycles. The number of hydrogen-bond donors (Lipinski definition) is 2. The summed E-state index contributed by atoms with van der Waals surface area (Å²) in [6.07, 6.45) is 4.63. The van der Waals surface area contributed by atoms with E-state index >= 15 is 0 Å². The van der Waals surface area contributed by atoms with Crippen molar-refractivity contribution in [2.45, 2.75) is 13.3 Å². The Kier molecular flexibility index (Phi) is 4.19. The summed E-state index contributed by atoms with van der Waals surface area (Å²) in [7, 11) is 0. The van der Waals surface area contributed by atoms with Crippen LogP contribution >= 0.6 is 0 Å². The maximum absolute atomic E-state index is 13.8. The zero-order valence-electron chi connectivity index (χ0n) is 14.0. The first kappa shape index (κ1) is 15.8. The fourth-order valence-electron chi connectivity index (χ4n) is 3.16. The summed E-state index contributed by atoms with van der Waals surface area (Å²) in [6, 6.07) is 6.55. The third-order valence-corrected chi connectivity index (χ3v) is 4.33. The van der Waals surface area contributed by atoms with Crippen LogP contribution < -0.4 is 10.1 Å². The van der Waals surface area contributed by atoms with Crippen molar-refractivity contribution in [1.29, 1.82) is 0 Å². The molecular weight excluding hydrogens is 319 g/mol. The van der Waals surface area contributed by atoms with Crippen molar-refractivity contribution in [2.75, 3.05) is 19.7 Å². The summed E-state index contributed by atoms with van der Waals surface area (Å²) in [6.45, 7) is 4.23. The average molecular weight is 338 g/mol. The largest absolute Gasteiger partial charge is 0.493 e. The SMILES string of the molecule is CCOc1ccc(F)cc1-c1ncnc2[nH]c(C3=CCNCC3)cc12. The highest BCUT2D eigenvalue weighted by Gasteiger charge is 2.16. The van der Waals surface area contributed by atoms with Crippen molar-refractivity contribution in [3.63, 3.8) is 0 Å². The van der Waals surface area contributed by atoms with E-state index < -0.39 is 0 Å². The molecule has 1 aliphatic heterocycles. The molecule has 0 aliphatic carbocycles. The van der Waals surface area contributed by atoms with E-state index in [1.807, 2.05) is 13.0 Å². The van der Waals surface area contributed by atoms with Gasteiger partial charge in [-0.2, -0.15) is 0 Å². The molecule has 0 saturated heterocycles. The molecule has 3 aromatic rings. The van der Waals surface area contributed by atoms with E-state index in [1.54, 1.807) is 6.07 Å². The second kappa shape index (κ2) is 6.64. The highest BCUT2D eigenvalue weighted by atomic mass is 19.1. The predicted molar refractivity (Wildman–Crippen MR) is 95.9 cm³/mol. The lowest BCUT2D eigenvalue weighted by atomic mass is 10.0. The van der Waals surface area contributed by atoms with Crippen molar-refractivity contribution < 1.29 is 9.13 Å². The second-order valence-electron chi connectivity index (χ2n) is 5.92. The van der Waals surface area contributed by atoms with Crippen molar-refractivity contribution in [1.82, 2.24) is 20.3 Å². The van der Waals surface area contributed by atoms with Crippen LogP contribution in [0.3, 0.4) is 0 Å². The summed E-state index contributed by atoms with van der Waals surface area (Å²) in [5.74, 6) is 0.301. The van der Waals surface area contributed by atoms with E-state index in [0.29, 0.717) is 23.6 Å². The van der Waals surface area contributed by atoms with E-state index in [4.69, 9.17) is 4.74 Å². The maximum atomic E-state index is 13.8. The minimum absolute atomic E-state index is 0.318. The number of aromatic nitrogens is 3. The lowest BCUT2D eigenvalue weighted by molar-refractivity contribution is 0.341. The van der Waals surface area contributed by atoms with Gasteiger partial charge in [0.2, 0.25) is 0 Å². The number of rotatable bonds is 4. The van der Waals surface area contributed by atoms with Gasteiger partial charge in [-0.15, -0.1) is 0 Å². The fraction of sp³-hybridized carbons (Fsp3) is 0.263. The fourth-order valence-corrected chi connectivity index (χ4v) is 3.16. The molecule has 0 atom stereocenters. The molecule has 0 unspecified atom stereocenters. The van der Waals surface area contributed by atoms with Crippen LogP contribution in [0.2, 0.25) is 0 Å². The van der Waals surface area contributed by atoms with Gasteiger partial charge >= 0.3 is 0 Å². The van der Waals surface area contributed by atoms with Gasteiger partial charge in [0.1, 0.15) is 23.5 Å². The molecule has 1 aliphatic rings. The Morgan fingerprint density at radius 3 is 2.96 bits per heavy atom. The van der Waals surface area contributed by atoms with Gasteiger partial charge in [-0.3, -0.25) is 0 Å². The van der Waals surface area contributed by atoms with Crippen LogP contribution in [0.4, 0.5) is 4.39 Å². The first-order valence-electron chi connectivity index (χ1n) is 8.43. The number of H-pyrrole nitrogens is 1. The van der Waals surface area contributed by atoms with E-state index in [-0.39, 0.29) is 5.82 Å². The lowest BCUT2D eigenvalue weighted by Gasteiger charge is -2.12. The third kappa shape index (κ3) is 3.00. The molecule has 0 bridgehead atoms. The van der Waals surface area contributed by atoms with Crippen LogP contribution in [-0.4, -0.2) is 34.6 Å². The molecule has 3 heterocycles. The van der Waals surface area contributed by atoms with Crippen molar-refractivity contribution in [3.05, 3.63) is 48.2 Å². The molecule has 25 heavy (non-hydrogen) atoms. The van der Waals surface area contributed by atoms with Crippen LogP contribution in [0, 0.1) is 5.82 Å². The van der Waals surface area contributed by atoms with E-state index in [1.165, 1.54) is 24.0 Å². The average Bonchev–Trinajstić information content (AvgIpc) is 3.08. The smallest absolute Gasteiger partial charge is 0.141 e. The van der Waals surface area contributed by atoms with Crippen LogP contribution in [0.5, 0.6) is 5.75 Å². The Hall–Kier alpha value is -2.73. The molecule has 128 valence electrons. The molecule has 6 heteroatoms. The van der Waals surface area contributed by atoms with Crippen LogP contribution in [0.1, 0.15) is 19.0 Å². The monoisotopic (exact) mass is 338 g/mol. The molecular formula is C19H19FN4O. The number of nitrogens with zero attached hydrogens (tertiary/aromatic N) is 2. The number of fused-ring (bicyclic) bond motifs is 1. The molecule has 0 saturated carbocycles. The summed E-state index contributed by atoms with van der Waals surface area (Å²) >= 11 is 0. The van der Waals surface area contributed by atoms with Crippen molar-refractivity contribution in [3.8, 4) is 17.0 Å². The number of benzene rings is 1. The summed E-state index contributed by atoms with van der Waals surface area (Å²) < 4.78 is 19.5. The molecule has 0 radical (unpaired) electrons. The van der Waals surface area contributed by atoms with Gasteiger partial charge in [0.15, 0.2) is 0 Å².